The van der Waals surface area contributed by atoms with Gasteiger partial charge in [0.2, 0.25) is 0 Å². The molecule has 0 radical (unpaired) electrons. The molecular weight excluding hydrogens is 345 g/mol. The third kappa shape index (κ3) is 3.61. The topological polar surface area (TPSA) is 97.3 Å². The zero-order valence-corrected chi connectivity index (χ0v) is 13.8. The highest BCUT2D eigenvalue weighted by molar-refractivity contribution is 6.30. The molecule has 2 heterocycles. The van der Waals surface area contributed by atoms with Crippen molar-refractivity contribution in [1.29, 1.82) is 0 Å². The van der Waals surface area contributed by atoms with Crippen molar-refractivity contribution in [3.63, 3.8) is 0 Å². The first-order valence-electron chi connectivity index (χ1n) is 6.75. The van der Waals surface area contributed by atoms with Gasteiger partial charge in [0.05, 0.1) is 11.0 Å². The van der Waals surface area contributed by atoms with Crippen molar-refractivity contribution in [3.05, 3.63) is 39.2 Å². The van der Waals surface area contributed by atoms with Gasteiger partial charge in [0.1, 0.15) is 5.56 Å². The second kappa shape index (κ2) is 7.22. The quantitative estimate of drug-likeness (QED) is 0.662. The van der Waals surface area contributed by atoms with E-state index in [-0.39, 0.29) is 40.6 Å². The van der Waals surface area contributed by atoms with Crippen LogP contribution < -0.4 is 5.32 Å². The zero-order valence-electron chi connectivity index (χ0n) is 12.2. The fourth-order valence-corrected chi connectivity index (χ4v) is 2.58. The molecule has 0 amide bonds. The Labute approximate surface area is 143 Å². The van der Waals surface area contributed by atoms with Crippen molar-refractivity contribution >= 4 is 29.7 Å². The van der Waals surface area contributed by atoms with E-state index >= 15 is 0 Å². The Morgan fingerprint density at radius 1 is 1.52 bits per heavy atom. The average Bonchev–Trinajstić information content (AvgIpc) is 2.97. The number of hydrogen-bond donors (Lipinski definition) is 1. The van der Waals surface area contributed by atoms with Gasteiger partial charge in [-0.15, -0.1) is 12.4 Å². The van der Waals surface area contributed by atoms with E-state index < -0.39 is 4.92 Å². The Hall–Kier alpha value is -1.74. The molecule has 0 spiro atoms. The fraction of sp³-hybridized carbons (Fsp3) is 0.385. The van der Waals surface area contributed by atoms with Crippen LogP contribution >= 0.6 is 24.0 Å². The Balaban J connectivity index is 0.00000192. The number of aromatic nitrogens is 2. The largest absolute Gasteiger partial charge is 0.334 e. The lowest BCUT2D eigenvalue weighted by Gasteiger charge is -2.30. The zero-order chi connectivity index (χ0) is 15.7. The number of nitro groups is 1. The lowest BCUT2D eigenvalue weighted by molar-refractivity contribution is -0.384. The Bertz CT molecular complexity index is 709. The van der Waals surface area contributed by atoms with Crippen LogP contribution in [0.25, 0.3) is 11.5 Å². The number of likely N-dealkylation sites (N-methyl/N-ethyl adjacent to an activating group) is 1. The van der Waals surface area contributed by atoms with Gasteiger partial charge in [0.25, 0.3) is 11.6 Å². The maximum absolute atomic E-state index is 11.1. The van der Waals surface area contributed by atoms with E-state index in [0.29, 0.717) is 12.4 Å². The van der Waals surface area contributed by atoms with E-state index in [1.165, 1.54) is 12.1 Å². The molecule has 1 aliphatic rings. The lowest BCUT2D eigenvalue weighted by atomic mass is 10.1. The molecule has 1 atom stereocenters. The van der Waals surface area contributed by atoms with Crippen LogP contribution in [0.15, 0.2) is 22.7 Å². The van der Waals surface area contributed by atoms with Gasteiger partial charge in [-0.2, -0.15) is 4.98 Å². The van der Waals surface area contributed by atoms with E-state index in [9.17, 15) is 10.1 Å². The molecular formula is C13H15Cl2N5O3. The molecule has 1 aliphatic heterocycles. The van der Waals surface area contributed by atoms with Crippen molar-refractivity contribution in [2.24, 2.45) is 0 Å². The second-order valence-corrected chi connectivity index (χ2v) is 5.51. The second-order valence-electron chi connectivity index (χ2n) is 5.08. The van der Waals surface area contributed by atoms with Crippen molar-refractivity contribution < 1.29 is 9.45 Å². The summed E-state index contributed by atoms with van der Waals surface area (Å²) in [7, 11) is 1.98. The van der Waals surface area contributed by atoms with E-state index in [1.54, 1.807) is 6.07 Å². The fourth-order valence-electron chi connectivity index (χ4n) is 2.41. The maximum Gasteiger partial charge on any atom is 0.283 e. The van der Waals surface area contributed by atoms with E-state index in [1.807, 2.05) is 7.05 Å². The van der Waals surface area contributed by atoms with Gasteiger partial charge in [-0.3, -0.25) is 15.0 Å². The summed E-state index contributed by atoms with van der Waals surface area (Å²) in [6.07, 6.45) is 0. The minimum atomic E-state index is -0.515. The van der Waals surface area contributed by atoms with Gasteiger partial charge < -0.3 is 9.84 Å². The molecule has 1 aromatic carbocycles. The third-order valence-corrected chi connectivity index (χ3v) is 3.87. The molecule has 2 aromatic rings. The highest BCUT2D eigenvalue weighted by Crippen LogP contribution is 2.32. The minimum absolute atomic E-state index is 0. The van der Waals surface area contributed by atoms with E-state index in [2.05, 4.69) is 20.4 Å². The van der Waals surface area contributed by atoms with Gasteiger partial charge in [-0.1, -0.05) is 16.8 Å². The third-order valence-electron chi connectivity index (χ3n) is 3.64. The smallest absolute Gasteiger partial charge is 0.283 e. The van der Waals surface area contributed by atoms with Crippen molar-refractivity contribution in [2.45, 2.75) is 6.04 Å². The van der Waals surface area contributed by atoms with Crippen LogP contribution in [-0.4, -0.2) is 46.6 Å². The van der Waals surface area contributed by atoms with Crippen molar-refractivity contribution in [1.82, 2.24) is 20.4 Å². The highest BCUT2D eigenvalue weighted by Gasteiger charge is 2.27. The Morgan fingerprint density at radius 3 is 3.00 bits per heavy atom. The standard InChI is InChI=1S/C13H14ClN5O3.ClH/c1-18-5-4-15-7-11(18)12-16-13(22-17-12)9-3-2-8(14)6-10(9)19(20)21;/h2-3,6,11,15H,4-5,7H2,1H3;1H. The number of hydrogen-bond acceptors (Lipinski definition) is 7. The van der Waals surface area contributed by atoms with Gasteiger partial charge in [-0.05, 0) is 19.2 Å². The summed E-state index contributed by atoms with van der Waals surface area (Å²) >= 11 is 5.81. The number of halogens is 2. The van der Waals surface area contributed by atoms with Crippen LogP contribution in [0.4, 0.5) is 5.69 Å². The van der Waals surface area contributed by atoms with Gasteiger partial charge in [-0.25, -0.2) is 0 Å². The Morgan fingerprint density at radius 2 is 2.30 bits per heavy atom. The van der Waals surface area contributed by atoms with Crippen LogP contribution in [-0.2, 0) is 0 Å². The molecule has 1 aromatic heterocycles. The molecule has 124 valence electrons. The molecule has 0 saturated carbocycles. The molecule has 1 saturated heterocycles. The van der Waals surface area contributed by atoms with Crippen LogP contribution in [0, 0.1) is 10.1 Å². The average molecular weight is 360 g/mol. The molecule has 3 rings (SSSR count). The predicted molar refractivity (Wildman–Crippen MR) is 86.9 cm³/mol. The van der Waals surface area contributed by atoms with Crippen LogP contribution in [0.2, 0.25) is 5.02 Å². The molecule has 1 N–H and O–H groups in total. The Kier molecular flexibility index (Phi) is 5.53. The number of nitrogens with zero attached hydrogens (tertiary/aromatic N) is 4. The van der Waals surface area contributed by atoms with Crippen LogP contribution in [0.1, 0.15) is 11.9 Å². The number of nitrogens with one attached hydrogen (secondary N) is 1. The predicted octanol–water partition coefficient (Wildman–Crippen LogP) is 2.30. The number of piperazine rings is 1. The van der Waals surface area contributed by atoms with E-state index in [0.717, 1.165) is 13.1 Å². The molecule has 8 nitrogen and oxygen atoms in total. The van der Waals surface area contributed by atoms with Crippen LogP contribution in [0.5, 0.6) is 0 Å². The minimum Gasteiger partial charge on any atom is -0.334 e. The monoisotopic (exact) mass is 359 g/mol. The highest BCUT2D eigenvalue weighted by atomic mass is 35.5. The first-order valence-corrected chi connectivity index (χ1v) is 7.13. The number of rotatable bonds is 3. The number of nitro benzene ring substituents is 1. The lowest BCUT2D eigenvalue weighted by Crippen LogP contribution is -2.44. The van der Waals surface area contributed by atoms with Crippen LogP contribution in [0.3, 0.4) is 0 Å². The summed E-state index contributed by atoms with van der Waals surface area (Å²) < 4.78 is 5.22. The summed E-state index contributed by atoms with van der Waals surface area (Å²) in [5.41, 5.74) is 0.109. The molecule has 1 unspecified atom stereocenters. The summed E-state index contributed by atoms with van der Waals surface area (Å²) in [4.78, 5) is 17.1. The summed E-state index contributed by atoms with van der Waals surface area (Å²) in [5, 5.41) is 18.7. The van der Waals surface area contributed by atoms with E-state index in [4.69, 9.17) is 16.1 Å². The van der Waals surface area contributed by atoms with Gasteiger partial charge in [0.15, 0.2) is 5.82 Å². The number of benzene rings is 1. The molecule has 1 fully saturated rings. The normalized spacial score (nSPS) is 18.4. The van der Waals surface area contributed by atoms with Gasteiger partial charge in [0, 0.05) is 30.7 Å². The molecule has 0 bridgehead atoms. The first-order chi connectivity index (χ1) is 10.6. The first kappa shape index (κ1) is 17.6. The SMILES string of the molecule is CN1CCNCC1c1noc(-c2ccc(Cl)cc2[N+](=O)[O-])n1.Cl. The molecule has 0 aliphatic carbocycles. The van der Waals surface area contributed by atoms with Crippen molar-refractivity contribution in [3.8, 4) is 11.5 Å². The maximum atomic E-state index is 11.1. The van der Waals surface area contributed by atoms with Gasteiger partial charge >= 0.3 is 0 Å². The van der Waals surface area contributed by atoms with Crippen molar-refractivity contribution in [2.75, 3.05) is 26.7 Å². The molecule has 23 heavy (non-hydrogen) atoms. The summed E-state index contributed by atoms with van der Waals surface area (Å²) in [5.74, 6) is 0.631. The summed E-state index contributed by atoms with van der Waals surface area (Å²) in [6, 6.07) is 4.33. The molecule has 10 heteroatoms. The summed E-state index contributed by atoms with van der Waals surface area (Å²) in [6.45, 7) is 2.48.